The van der Waals surface area contributed by atoms with Crippen LogP contribution in [0.3, 0.4) is 0 Å². The van der Waals surface area contributed by atoms with Crippen LogP contribution in [-0.4, -0.2) is 24.0 Å². The third kappa shape index (κ3) is 3.66. The molecular formula is C12H14F3N3O. The molecule has 0 aromatic carbocycles. The molecule has 2 N–H and O–H groups in total. The van der Waals surface area contributed by atoms with Gasteiger partial charge in [-0.25, -0.2) is 4.98 Å². The Bertz CT molecular complexity index is 439. The molecule has 7 heteroatoms. The van der Waals surface area contributed by atoms with E-state index in [-0.39, 0.29) is 17.6 Å². The zero-order valence-corrected chi connectivity index (χ0v) is 10.1. The number of hydrogen-bond donors (Lipinski definition) is 2. The van der Waals surface area contributed by atoms with Crippen LogP contribution in [0.15, 0.2) is 18.3 Å². The molecule has 0 spiro atoms. The largest absolute Gasteiger partial charge is 0.417 e. The van der Waals surface area contributed by atoms with Crippen molar-refractivity contribution in [1.82, 2.24) is 10.3 Å². The van der Waals surface area contributed by atoms with Gasteiger partial charge in [-0.2, -0.15) is 13.2 Å². The summed E-state index contributed by atoms with van der Waals surface area (Å²) in [6.45, 7) is 1.48. The highest BCUT2D eigenvalue weighted by atomic mass is 19.4. The van der Waals surface area contributed by atoms with Crippen LogP contribution in [0.25, 0.3) is 0 Å². The summed E-state index contributed by atoms with van der Waals surface area (Å²) in [5, 5.41) is 5.63. The number of rotatable bonds is 2. The number of amides is 1. The van der Waals surface area contributed by atoms with Gasteiger partial charge in [-0.05, 0) is 31.5 Å². The van der Waals surface area contributed by atoms with Crippen LogP contribution in [0, 0.1) is 5.92 Å². The third-order valence-electron chi connectivity index (χ3n) is 3.01. The van der Waals surface area contributed by atoms with E-state index in [1.54, 1.807) is 0 Å². The molecule has 0 aliphatic carbocycles. The fourth-order valence-electron chi connectivity index (χ4n) is 1.94. The molecule has 1 atom stereocenters. The van der Waals surface area contributed by atoms with E-state index < -0.39 is 11.7 Å². The van der Waals surface area contributed by atoms with E-state index in [1.807, 2.05) is 0 Å². The van der Waals surface area contributed by atoms with Crippen molar-refractivity contribution in [3.05, 3.63) is 23.9 Å². The Labute approximate surface area is 108 Å². The van der Waals surface area contributed by atoms with E-state index in [9.17, 15) is 18.0 Å². The predicted molar refractivity (Wildman–Crippen MR) is 63.5 cm³/mol. The summed E-state index contributed by atoms with van der Waals surface area (Å²) in [6, 6.07) is 2.07. The Balaban J connectivity index is 1.97. The second-order valence-corrected chi connectivity index (χ2v) is 4.46. The molecule has 19 heavy (non-hydrogen) atoms. The molecule has 4 nitrogen and oxygen atoms in total. The van der Waals surface area contributed by atoms with Gasteiger partial charge in [0, 0.05) is 12.7 Å². The molecule has 1 aliphatic heterocycles. The number of pyridine rings is 1. The van der Waals surface area contributed by atoms with Crippen molar-refractivity contribution in [1.29, 1.82) is 0 Å². The zero-order valence-electron chi connectivity index (χ0n) is 10.1. The Hall–Kier alpha value is -1.63. The van der Waals surface area contributed by atoms with Gasteiger partial charge in [0.1, 0.15) is 5.82 Å². The van der Waals surface area contributed by atoms with Crippen LogP contribution in [0.5, 0.6) is 0 Å². The van der Waals surface area contributed by atoms with Crippen LogP contribution < -0.4 is 10.6 Å². The van der Waals surface area contributed by atoms with Crippen molar-refractivity contribution in [3.63, 3.8) is 0 Å². The summed E-state index contributed by atoms with van der Waals surface area (Å²) in [7, 11) is 0. The highest BCUT2D eigenvalue weighted by Crippen LogP contribution is 2.28. The molecule has 2 rings (SSSR count). The first-order valence-electron chi connectivity index (χ1n) is 6.01. The lowest BCUT2D eigenvalue weighted by Crippen LogP contribution is -2.37. The van der Waals surface area contributed by atoms with Crippen LogP contribution in [0.4, 0.5) is 19.0 Å². The summed E-state index contributed by atoms with van der Waals surface area (Å²) < 4.78 is 37.0. The second-order valence-electron chi connectivity index (χ2n) is 4.46. The molecule has 1 aromatic rings. The predicted octanol–water partition coefficient (Wildman–Crippen LogP) is 2.04. The van der Waals surface area contributed by atoms with Crippen molar-refractivity contribution in [2.24, 2.45) is 5.92 Å². The zero-order chi connectivity index (χ0) is 13.9. The molecule has 1 unspecified atom stereocenters. The topological polar surface area (TPSA) is 54.0 Å². The van der Waals surface area contributed by atoms with Crippen molar-refractivity contribution in [3.8, 4) is 0 Å². The van der Waals surface area contributed by atoms with E-state index in [4.69, 9.17) is 0 Å². The van der Waals surface area contributed by atoms with E-state index in [1.165, 1.54) is 0 Å². The SMILES string of the molecule is O=C(Nc1ccc(C(F)(F)F)cn1)C1CCCNC1. The lowest BCUT2D eigenvalue weighted by atomic mass is 9.99. The highest BCUT2D eigenvalue weighted by Gasteiger charge is 2.30. The molecule has 1 amide bonds. The Morgan fingerprint density at radius 1 is 1.42 bits per heavy atom. The van der Waals surface area contributed by atoms with Crippen LogP contribution >= 0.6 is 0 Å². The van der Waals surface area contributed by atoms with Crippen molar-refractivity contribution < 1.29 is 18.0 Å². The molecule has 0 radical (unpaired) electrons. The van der Waals surface area contributed by atoms with Gasteiger partial charge in [-0.15, -0.1) is 0 Å². The fraction of sp³-hybridized carbons (Fsp3) is 0.500. The summed E-state index contributed by atoms with van der Waals surface area (Å²) in [5.74, 6) is -0.221. The number of halogens is 3. The van der Waals surface area contributed by atoms with E-state index >= 15 is 0 Å². The normalized spacial score (nSPS) is 20.1. The average Bonchev–Trinajstić information content (AvgIpc) is 2.39. The van der Waals surface area contributed by atoms with Crippen LogP contribution in [-0.2, 0) is 11.0 Å². The van der Waals surface area contributed by atoms with Crippen molar-refractivity contribution in [2.75, 3.05) is 18.4 Å². The number of nitrogens with zero attached hydrogens (tertiary/aromatic N) is 1. The molecule has 104 valence electrons. The highest BCUT2D eigenvalue weighted by molar-refractivity contribution is 5.91. The van der Waals surface area contributed by atoms with E-state index in [0.29, 0.717) is 12.7 Å². The van der Waals surface area contributed by atoms with Gasteiger partial charge in [-0.1, -0.05) is 0 Å². The number of anilines is 1. The standard InChI is InChI=1S/C12H14F3N3O/c13-12(14,15)9-3-4-10(17-7-9)18-11(19)8-2-1-5-16-6-8/h3-4,7-8,16H,1-2,5-6H2,(H,17,18,19). The number of nitrogens with one attached hydrogen (secondary N) is 2. The van der Waals surface area contributed by atoms with Gasteiger partial charge in [0.2, 0.25) is 5.91 Å². The van der Waals surface area contributed by atoms with E-state index in [0.717, 1.165) is 31.5 Å². The number of aromatic nitrogens is 1. The third-order valence-corrected chi connectivity index (χ3v) is 3.01. The van der Waals surface area contributed by atoms with Crippen molar-refractivity contribution >= 4 is 11.7 Å². The Morgan fingerprint density at radius 2 is 2.21 bits per heavy atom. The summed E-state index contributed by atoms with van der Waals surface area (Å²) in [6.07, 6.45) is -2.00. The molecule has 1 aromatic heterocycles. The molecule has 2 heterocycles. The quantitative estimate of drug-likeness (QED) is 0.867. The molecule has 0 bridgehead atoms. The Morgan fingerprint density at radius 3 is 2.74 bits per heavy atom. The minimum absolute atomic E-state index is 0.142. The molecule has 0 saturated carbocycles. The van der Waals surface area contributed by atoms with Gasteiger partial charge >= 0.3 is 6.18 Å². The summed E-state index contributed by atoms with van der Waals surface area (Å²) in [4.78, 5) is 15.4. The molecule has 1 fully saturated rings. The maximum atomic E-state index is 12.3. The van der Waals surface area contributed by atoms with Gasteiger partial charge in [0.05, 0.1) is 11.5 Å². The number of alkyl halides is 3. The minimum Gasteiger partial charge on any atom is -0.316 e. The number of piperidine rings is 1. The fourth-order valence-corrected chi connectivity index (χ4v) is 1.94. The summed E-state index contributed by atoms with van der Waals surface area (Å²) in [5.41, 5.74) is -0.829. The first-order chi connectivity index (χ1) is 8.97. The number of hydrogen-bond acceptors (Lipinski definition) is 3. The summed E-state index contributed by atoms with van der Waals surface area (Å²) >= 11 is 0. The van der Waals surface area contributed by atoms with E-state index in [2.05, 4.69) is 15.6 Å². The second kappa shape index (κ2) is 5.56. The van der Waals surface area contributed by atoms with Gasteiger partial charge in [0.15, 0.2) is 0 Å². The molecule has 1 saturated heterocycles. The van der Waals surface area contributed by atoms with Crippen LogP contribution in [0.1, 0.15) is 18.4 Å². The maximum absolute atomic E-state index is 12.3. The number of carbonyl (C=O) groups excluding carboxylic acids is 1. The molecular weight excluding hydrogens is 259 g/mol. The minimum atomic E-state index is -4.41. The lowest BCUT2D eigenvalue weighted by molar-refractivity contribution is -0.137. The lowest BCUT2D eigenvalue weighted by Gasteiger charge is -2.21. The van der Waals surface area contributed by atoms with Crippen molar-refractivity contribution in [2.45, 2.75) is 19.0 Å². The van der Waals surface area contributed by atoms with Crippen LogP contribution in [0.2, 0.25) is 0 Å². The van der Waals surface area contributed by atoms with Gasteiger partial charge in [-0.3, -0.25) is 4.79 Å². The monoisotopic (exact) mass is 273 g/mol. The van der Waals surface area contributed by atoms with Gasteiger partial charge in [0.25, 0.3) is 0 Å². The smallest absolute Gasteiger partial charge is 0.316 e. The first kappa shape index (κ1) is 13.8. The van der Waals surface area contributed by atoms with Gasteiger partial charge < -0.3 is 10.6 Å². The average molecular weight is 273 g/mol. The maximum Gasteiger partial charge on any atom is 0.417 e. The number of carbonyl (C=O) groups is 1. The first-order valence-corrected chi connectivity index (χ1v) is 6.01. The molecule has 1 aliphatic rings. The Kier molecular flexibility index (Phi) is 4.04.